The zero-order chi connectivity index (χ0) is 16.5. The maximum absolute atomic E-state index is 10.6. The molecule has 0 aromatic carbocycles. The Labute approximate surface area is 121 Å². The van der Waals surface area contributed by atoms with E-state index in [-0.39, 0.29) is 12.8 Å². The van der Waals surface area contributed by atoms with Crippen molar-refractivity contribution in [3.8, 4) is 0 Å². The summed E-state index contributed by atoms with van der Waals surface area (Å²) in [5.74, 6) is -2.29. The van der Waals surface area contributed by atoms with Gasteiger partial charge in [-0.25, -0.2) is 4.57 Å². The van der Waals surface area contributed by atoms with Crippen molar-refractivity contribution in [3.63, 3.8) is 0 Å². The standard InChI is InChI=1S/C6H12N2O4.C4H9O4P/c7-3(5(9)10)1-2-4(8)6(11)12;5-9(6)7-3-1-2-4-8-9/h3-4H,1-2,7-8H2,(H,9,10)(H,11,12);1-4H2,(H,5,6). The lowest BCUT2D eigenvalue weighted by Gasteiger charge is -2.08. The van der Waals surface area contributed by atoms with Crippen LogP contribution in [0.15, 0.2) is 0 Å². The summed E-state index contributed by atoms with van der Waals surface area (Å²) in [7, 11) is -3.63. The number of aliphatic carboxylic acids is 2. The highest BCUT2D eigenvalue weighted by Gasteiger charge is 2.22. The molecule has 0 aromatic heterocycles. The predicted molar refractivity (Wildman–Crippen MR) is 71.4 cm³/mol. The monoisotopic (exact) mass is 328 g/mol. The number of carboxylic acid groups (broad SMARTS) is 2. The molecule has 7 N–H and O–H groups in total. The molecule has 0 aromatic rings. The molecule has 11 heteroatoms. The van der Waals surface area contributed by atoms with E-state index in [1.54, 1.807) is 0 Å². The van der Waals surface area contributed by atoms with Crippen LogP contribution < -0.4 is 11.5 Å². The van der Waals surface area contributed by atoms with Crippen LogP contribution in [0.1, 0.15) is 25.7 Å². The van der Waals surface area contributed by atoms with Gasteiger partial charge in [-0.2, -0.15) is 0 Å². The van der Waals surface area contributed by atoms with E-state index in [4.69, 9.17) is 26.6 Å². The van der Waals surface area contributed by atoms with Crippen molar-refractivity contribution in [2.45, 2.75) is 37.8 Å². The number of hydrogen-bond donors (Lipinski definition) is 5. The Kier molecular flexibility index (Phi) is 9.34. The van der Waals surface area contributed by atoms with Gasteiger partial charge >= 0.3 is 19.8 Å². The van der Waals surface area contributed by atoms with Gasteiger partial charge in [0.15, 0.2) is 0 Å². The van der Waals surface area contributed by atoms with Crippen molar-refractivity contribution < 1.29 is 38.3 Å². The van der Waals surface area contributed by atoms with E-state index in [0.717, 1.165) is 12.8 Å². The predicted octanol–water partition coefficient (Wildman–Crippen LogP) is -0.496. The summed E-state index contributed by atoms with van der Waals surface area (Å²) in [5, 5.41) is 16.6. The topological polar surface area (TPSA) is 182 Å². The largest absolute Gasteiger partial charge is 0.480 e. The van der Waals surface area contributed by atoms with Crippen molar-refractivity contribution in [2.24, 2.45) is 11.5 Å². The number of rotatable bonds is 5. The first-order chi connectivity index (χ1) is 9.65. The molecule has 0 radical (unpaired) electrons. The molecule has 1 rings (SSSR count). The van der Waals surface area contributed by atoms with E-state index in [0.29, 0.717) is 13.2 Å². The number of phosphoric acid groups is 1. The fourth-order valence-corrected chi connectivity index (χ4v) is 2.00. The second-order valence-electron chi connectivity index (χ2n) is 4.31. The van der Waals surface area contributed by atoms with Gasteiger partial charge in [0.05, 0.1) is 13.2 Å². The van der Waals surface area contributed by atoms with Gasteiger partial charge in [-0.1, -0.05) is 0 Å². The van der Waals surface area contributed by atoms with E-state index in [2.05, 4.69) is 9.05 Å². The van der Waals surface area contributed by atoms with E-state index in [1.165, 1.54) is 0 Å². The molecule has 0 aliphatic carbocycles. The van der Waals surface area contributed by atoms with Crippen LogP contribution in [0, 0.1) is 0 Å². The van der Waals surface area contributed by atoms with Gasteiger partial charge in [-0.15, -0.1) is 0 Å². The van der Waals surface area contributed by atoms with Crippen LogP contribution in [0.5, 0.6) is 0 Å². The fraction of sp³-hybridized carbons (Fsp3) is 0.800. The molecule has 0 bridgehead atoms. The van der Waals surface area contributed by atoms with Crippen LogP contribution in [0.3, 0.4) is 0 Å². The number of hydrogen-bond acceptors (Lipinski definition) is 7. The van der Waals surface area contributed by atoms with Crippen molar-refractivity contribution in [1.29, 1.82) is 0 Å². The molecule has 1 saturated heterocycles. The maximum Gasteiger partial charge on any atom is 0.472 e. The van der Waals surface area contributed by atoms with E-state index in [9.17, 15) is 14.2 Å². The summed E-state index contributed by atoms with van der Waals surface area (Å²) in [5.41, 5.74) is 10.2. The van der Waals surface area contributed by atoms with Crippen LogP contribution >= 0.6 is 7.82 Å². The van der Waals surface area contributed by atoms with Gasteiger partial charge in [0.25, 0.3) is 0 Å². The molecule has 2 unspecified atom stereocenters. The minimum absolute atomic E-state index is 0.0722. The first-order valence-electron chi connectivity index (χ1n) is 6.24. The smallest absolute Gasteiger partial charge is 0.472 e. The number of carboxylic acids is 2. The first-order valence-corrected chi connectivity index (χ1v) is 7.74. The molecule has 0 spiro atoms. The fourth-order valence-electron chi connectivity index (χ4n) is 1.21. The minimum atomic E-state index is -3.63. The summed E-state index contributed by atoms with van der Waals surface area (Å²) < 4.78 is 19.5. The van der Waals surface area contributed by atoms with Gasteiger partial charge in [0.2, 0.25) is 0 Å². The normalized spacial score (nSPS) is 20.3. The summed E-state index contributed by atoms with van der Waals surface area (Å²) in [6.45, 7) is 0.654. The molecule has 10 nitrogen and oxygen atoms in total. The Balaban J connectivity index is 0.000000394. The van der Waals surface area contributed by atoms with Crippen LogP contribution in [0.25, 0.3) is 0 Å². The zero-order valence-corrected chi connectivity index (χ0v) is 12.3. The third-order valence-electron chi connectivity index (χ3n) is 2.47. The zero-order valence-electron chi connectivity index (χ0n) is 11.4. The summed E-state index contributed by atoms with van der Waals surface area (Å²) in [6, 6.07) is -2.06. The second kappa shape index (κ2) is 9.82. The molecular formula is C10H21N2O8P. The van der Waals surface area contributed by atoms with Crippen LogP contribution in [-0.2, 0) is 23.2 Å². The lowest BCUT2D eigenvalue weighted by Crippen LogP contribution is -2.35. The molecule has 124 valence electrons. The average molecular weight is 328 g/mol. The highest BCUT2D eigenvalue weighted by atomic mass is 31.2. The molecule has 0 saturated carbocycles. The van der Waals surface area contributed by atoms with Crippen LogP contribution in [0.4, 0.5) is 0 Å². The number of carbonyl (C=O) groups is 2. The molecule has 0 amide bonds. The van der Waals surface area contributed by atoms with Crippen LogP contribution in [0.2, 0.25) is 0 Å². The van der Waals surface area contributed by atoms with Gasteiger partial charge in [0, 0.05) is 0 Å². The Hall–Kier alpha value is -1.03. The Bertz CT molecular complexity index is 359. The number of phosphoric ester groups is 1. The molecule has 1 aliphatic heterocycles. The Morgan fingerprint density at radius 3 is 1.62 bits per heavy atom. The van der Waals surface area contributed by atoms with E-state index < -0.39 is 31.8 Å². The van der Waals surface area contributed by atoms with Crippen LogP contribution in [-0.4, -0.2) is 52.3 Å². The van der Waals surface area contributed by atoms with Gasteiger partial charge in [0.1, 0.15) is 12.1 Å². The van der Waals surface area contributed by atoms with Gasteiger partial charge in [-0.3, -0.25) is 18.6 Å². The van der Waals surface area contributed by atoms with Crippen molar-refractivity contribution in [2.75, 3.05) is 13.2 Å². The highest BCUT2D eigenvalue weighted by Crippen LogP contribution is 2.44. The highest BCUT2D eigenvalue weighted by molar-refractivity contribution is 7.47. The minimum Gasteiger partial charge on any atom is -0.480 e. The van der Waals surface area contributed by atoms with E-state index in [1.807, 2.05) is 0 Å². The Morgan fingerprint density at radius 2 is 1.33 bits per heavy atom. The third kappa shape index (κ3) is 10.4. The molecule has 1 fully saturated rings. The number of nitrogens with two attached hydrogens (primary N) is 2. The average Bonchev–Trinajstić information content (AvgIpc) is 2.59. The Morgan fingerprint density at radius 1 is 1.00 bits per heavy atom. The van der Waals surface area contributed by atoms with Gasteiger partial charge < -0.3 is 26.6 Å². The van der Waals surface area contributed by atoms with Crippen molar-refractivity contribution >= 4 is 19.8 Å². The lowest BCUT2D eigenvalue weighted by atomic mass is 10.1. The molecule has 2 atom stereocenters. The molecule has 1 heterocycles. The molecular weight excluding hydrogens is 307 g/mol. The summed E-state index contributed by atoms with van der Waals surface area (Å²) in [4.78, 5) is 29.0. The quantitative estimate of drug-likeness (QED) is 0.412. The molecule has 21 heavy (non-hydrogen) atoms. The molecule has 1 aliphatic rings. The SMILES string of the molecule is NC(CCC(N)C(=O)O)C(=O)O.O=P1(O)OCCCCO1. The maximum atomic E-state index is 10.6. The second-order valence-corrected chi connectivity index (χ2v) is 5.76. The van der Waals surface area contributed by atoms with E-state index >= 15 is 0 Å². The summed E-state index contributed by atoms with van der Waals surface area (Å²) in [6.07, 6.45) is 1.74. The third-order valence-corrected chi connectivity index (χ3v) is 3.49. The van der Waals surface area contributed by atoms with Crippen molar-refractivity contribution in [1.82, 2.24) is 0 Å². The first kappa shape index (κ1) is 20.0. The summed E-state index contributed by atoms with van der Waals surface area (Å²) >= 11 is 0. The van der Waals surface area contributed by atoms with Crippen molar-refractivity contribution in [3.05, 3.63) is 0 Å². The van der Waals surface area contributed by atoms with Gasteiger partial charge in [-0.05, 0) is 25.7 Å². The lowest BCUT2D eigenvalue weighted by molar-refractivity contribution is -0.141.